The fourth-order valence-corrected chi connectivity index (χ4v) is 2.95. The maximum absolute atomic E-state index is 12.0. The Hall–Kier alpha value is -2.12. The average molecular weight is 396 g/mol. The third-order valence-corrected chi connectivity index (χ3v) is 4.50. The first kappa shape index (κ1) is 20.2. The second-order valence-corrected chi connectivity index (χ2v) is 7.39. The van der Waals surface area contributed by atoms with Crippen molar-refractivity contribution in [3.63, 3.8) is 0 Å². The number of hydrogen-bond donors (Lipinski definition) is 1. The lowest BCUT2D eigenvalue weighted by Crippen LogP contribution is -2.07. The summed E-state index contributed by atoms with van der Waals surface area (Å²) in [6, 6.07) is 3.50. The van der Waals surface area contributed by atoms with Gasteiger partial charge in [0, 0.05) is 6.08 Å². The Balaban J connectivity index is 2.09. The summed E-state index contributed by atoms with van der Waals surface area (Å²) in [7, 11) is 1.55. The van der Waals surface area contributed by atoms with E-state index in [0.29, 0.717) is 34.2 Å². The van der Waals surface area contributed by atoms with Gasteiger partial charge < -0.3 is 9.47 Å². The minimum absolute atomic E-state index is 0.293. The molecule has 8 heteroatoms. The van der Waals surface area contributed by atoms with E-state index in [2.05, 4.69) is 29.4 Å². The zero-order valence-electron chi connectivity index (χ0n) is 15.2. The van der Waals surface area contributed by atoms with Crippen LogP contribution in [0.1, 0.15) is 31.3 Å². The second kappa shape index (κ2) is 9.54. The Kier molecular flexibility index (Phi) is 7.41. The minimum atomic E-state index is -0.293. The summed E-state index contributed by atoms with van der Waals surface area (Å²) in [5.41, 5.74) is 0.727. The van der Waals surface area contributed by atoms with Crippen molar-refractivity contribution < 1.29 is 14.3 Å². The standard InChI is InChI=1S/C18H22ClN3O3S/c1-5-16-21-22-18(26-16)20-15(23)7-6-12-8-13(19)17(14(9-12)24-4)25-10-11(2)3/h6-9,11H,5,10H2,1-4H3,(H,20,22,23)/b7-6+. The highest BCUT2D eigenvalue weighted by molar-refractivity contribution is 7.15. The van der Waals surface area contributed by atoms with Gasteiger partial charge in [0.15, 0.2) is 11.5 Å². The van der Waals surface area contributed by atoms with Crippen LogP contribution in [0.2, 0.25) is 5.02 Å². The lowest BCUT2D eigenvalue weighted by atomic mass is 10.1. The number of ether oxygens (including phenoxy) is 2. The van der Waals surface area contributed by atoms with Crippen LogP contribution < -0.4 is 14.8 Å². The van der Waals surface area contributed by atoms with Gasteiger partial charge in [0.05, 0.1) is 18.7 Å². The van der Waals surface area contributed by atoms with Gasteiger partial charge in [-0.25, -0.2) is 0 Å². The van der Waals surface area contributed by atoms with E-state index in [-0.39, 0.29) is 5.91 Å². The number of carbonyl (C=O) groups is 1. The molecule has 0 bridgehead atoms. The zero-order chi connectivity index (χ0) is 19.1. The molecular formula is C18H22ClN3O3S. The minimum Gasteiger partial charge on any atom is -0.493 e. The van der Waals surface area contributed by atoms with Gasteiger partial charge in [-0.3, -0.25) is 10.1 Å². The van der Waals surface area contributed by atoms with Crippen molar-refractivity contribution in [3.05, 3.63) is 33.8 Å². The molecule has 2 rings (SSSR count). The molecule has 0 spiro atoms. The Labute approximate surface area is 162 Å². The molecule has 1 heterocycles. The number of nitrogens with zero attached hydrogens (tertiary/aromatic N) is 2. The molecule has 0 radical (unpaired) electrons. The first-order valence-corrected chi connectivity index (χ1v) is 9.44. The van der Waals surface area contributed by atoms with Crippen molar-refractivity contribution in [2.24, 2.45) is 5.92 Å². The monoisotopic (exact) mass is 395 g/mol. The van der Waals surface area contributed by atoms with E-state index < -0.39 is 0 Å². The van der Waals surface area contributed by atoms with E-state index >= 15 is 0 Å². The van der Waals surface area contributed by atoms with Crippen molar-refractivity contribution >= 4 is 40.1 Å². The number of aryl methyl sites for hydroxylation is 1. The number of carbonyl (C=O) groups excluding carboxylic acids is 1. The Morgan fingerprint density at radius 3 is 2.77 bits per heavy atom. The molecule has 1 aromatic heterocycles. The van der Waals surface area contributed by atoms with Gasteiger partial charge in [-0.05, 0) is 36.1 Å². The summed E-state index contributed by atoms with van der Waals surface area (Å²) in [5.74, 6) is 1.10. The summed E-state index contributed by atoms with van der Waals surface area (Å²) in [6.07, 6.45) is 3.84. The van der Waals surface area contributed by atoms with Crippen molar-refractivity contribution in [2.45, 2.75) is 27.2 Å². The predicted molar refractivity (Wildman–Crippen MR) is 105 cm³/mol. The molecule has 1 N–H and O–H groups in total. The molecule has 0 fully saturated rings. The SMILES string of the molecule is CCc1nnc(NC(=O)/C=C/c2cc(Cl)c(OCC(C)C)c(OC)c2)s1. The molecule has 0 aliphatic carbocycles. The van der Waals surface area contributed by atoms with Crippen molar-refractivity contribution in [3.8, 4) is 11.5 Å². The van der Waals surface area contributed by atoms with Crippen LogP contribution in [-0.4, -0.2) is 29.8 Å². The number of anilines is 1. The summed E-state index contributed by atoms with van der Waals surface area (Å²) >= 11 is 7.66. The number of benzene rings is 1. The number of rotatable bonds is 8. The average Bonchev–Trinajstić information content (AvgIpc) is 3.05. The lowest BCUT2D eigenvalue weighted by Gasteiger charge is -2.14. The highest BCUT2D eigenvalue weighted by Gasteiger charge is 2.12. The number of nitrogens with one attached hydrogen (secondary N) is 1. The number of methoxy groups -OCH3 is 1. The van der Waals surface area contributed by atoms with Gasteiger partial charge in [-0.1, -0.05) is 43.7 Å². The van der Waals surface area contributed by atoms with Crippen LogP contribution in [0.15, 0.2) is 18.2 Å². The summed E-state index contributed by atoms with van der Waals surface area (Å²) in [5, 5.41) is 12.3. The lowest BCUT2D eigenvalue weighted by molar-refractivity contribution is -0.111. The molecule has 0 saturated heterocycles. The molecule has 6 nitrogen and oxygen atoms in total. The zero-order valence-corrected chi connectivity index (χ0v) is 16.8. The van der Waals surface area contributed by atoms with Gasteiger partial charge >= 0.3 is 0 Å². The van der Waals surface area contributed by atoms with Gasteiger partial charge in [0.1, 0.15) is 5.01 Å². The molecular weight excluding hydrogens is 374 g/mol. The summed E-state index contributed by atoms with van der Waals surface area (Å²) in [4.78, 5) is 12.0. The van der Waals surface area contributed by atoms with Crippen LogP contribution in [0.4, 0.5) is 5.13 Å². The quantitative estimate of drug-likeness (QED) is 0.668. The molecule has 0 aliphatic rings. The number of halogens is 1. The van der Waals surface area contributed by atoms with Gasteiger partial charge in [0.25, 0.3) is 0 Å². The fraction of sp³-hybridized carbons (Fsp3) is 0.389. The van der Waals surface area contributed by atoms with Crippen LogP contribution in [0.3, 0.4) is 0 Å². The summed E-state index contributed by atoms with van der Waals surface area (Å²) in [6.45, 7) is 6.63. The van der Waals surface area contributed by atoms with E-state index in [1.807, 2.05) is 6.92 Å². The third kappa shape index (κ3) is 5.71. The molecule has 1 amide bonds. The van der Waals surface area contributed by atoms with Crippen molar-refractivity contribution in [2.75, 3.05) is 19.0 Å². The molecule has 0 unspecified atom stereocenters. The van der Waals surface area contributed by atoms with E-state index in [1.165, 1.54) is 17.4 Å². The number of aromatic nitrogens is 2. The Morgan fingerprint density at radius 2 is 2.15 bits per heavy atom. The largest absolute Gasteiger partial charge is 0.493 e. The molecule has 1 aromatic carbocycles. The van der Waals surface area contributed by atoms with E-state index in [0.717, 1.165) is 17.0 Å². The van der Waals surface area contributed by atoms with Gasteiger partial charge in [-0.2, -0.15) is 0 Å². The first-order valence-electron chi connectivity index (χ1n) is 8.24. The normalized spacial score (nSPS) is 11.2. The predicted octanol–water partition coefficient (Wildman–Crippen LogP) is 4.45. The molecule has 0 atom stereocenters. The number of hydrogen-bond acceptors (Lipinski definition) is 6. The van der Waals surface area contributed by atoms with E-state index in [4.69, 9.17) is 21.1 Å². The third-order valence-electron chi connectivity index (χ3n) is 3.24. The maximum atomic E-state index is 12.0. The molecule has 2 aromatic rings. The van der Waals surface area contributed by atoms with Crippen LogP contribution in [0, 0.1) is 5.92 Å². The Bertz CT molecular complexity index is 790. The smallest absolute Gasteiger partial charge is 0.250 e. The maximum Gasteiger partial charge on any atom is 0.250 e. The Morgan fingerprint density at radius 1 is 1.38 bits per heavy atom. The van der Waals surface area contributed by atoms with Crippen molar-refractivity contribution in [1.82, 2.24) is 10.2 Å². The van der Waals surface area contributed by atoms with Gasteiger partial charge in [-0.15, -0.1) is 10.2 Å². The second-order valence-electron chi connectivity index (χ2n) is 5.92. The van der Waals surface area contributed by atoms with E-state index in [1.54, 1.807) is 25.3 Å². The van der Waals surface area contributed by atoms with Gasteiger partial charge in [0.2, 0.25) is 11.0 Å². The van der Waals surface area contributed by atoms with Crippen LogP contribution in [0.5, 0.6) is 11.5 Å². The highest BCUT2D eigenvalue weighted by Crippen LogP contribution is 2.37. The molecule has 0 aliphatic heterocycles. The summed E-state index contributed by atoms with van der Waals surface area (Å²) < 4.78 is 11.1. The topological polar surface area (TPSA) is 73.3 Å². The molecule has 26 heavy (non-hydrogen) atoms. The van der Waals surface area contributed by atoms with Crippen molar-refractivity contribution in [1.29, 1.82) is 0 Å². The molecule has 0 saturated carbocycles. The fourth-order valence-electron chi connectivity index (χ4n) is 1.99. The first-order chi connectivity index (χ1) is 12.4. The highest BCUT2D eigenvalue weighted by atomic mass is 35.5. The van der Waals surface area contributed by atoms with Crippen LogP contribution in [-0.2, 0) is 11.2 Å². The van der Waals surface area contributed by atoms with Crippen LogP contribution in [0.25, 0.3) is 6.08 Å². The number of amides is 1. The van der Waals surface area contributed by atoms with E-state index in [9.17, 15) is 4.79 Å². The molecule has 140 valence electrons. The van der Waals surface area contributed by atoms with Crippen LogP contribution >= 0.6 is 22.9 Å².